The van der Waals surface area contributed by atoms with Gasteiger partial charge in [0.1, 0.15) is 0 Å². The number of nitrogens with zero attached hydrogens (tertiary/aromatic N) is 3. The molecule has 162 valence electrons. The van der Waals surface area contributed by atoms with Crippen LogP contribution in [0.1, 0.15) is 25.2 Å². The minimum atomic E-state index is -3.47. The van der Waals surface area contributed by atoms with Crippen LogP contribution in [0.25, 0.3) is 11.4 Å². The van der Waals surface area contributed by atoms with Crippen molar-refractivity contribution in [1.29, 1.82) is 0 Å². The predicted octanol–water partition coefficient (Wildman–Crippen LogP) is 3.75. The number of anilines is 1. The second-order valence-electron chi connectivity index (χ2n) is 7.20. The van der Waals surface area contributed by atoms with Crippen LogP contribution in [-0.4, -0.2) is 41.9 Å². The van der Waals surface area contributed by atoms with E-state index < -0.39 is 10.0 Å². The van der Waals surface area contributed by atoms with Gasteiger partial charge in [-0.15, -0.1) is 0 Å². The van der Waals surface area contributed by atoms with E-state index in [0.29, 0.717) is 35.5 Å². The Morgan fingerprint density at radius 2 is 1.74 bits per heavy atom. The molecular formula is C21H21ClN4O4S. The van der Waals surface area contributed by atoms with Gasteiger partial charge in [0.25, 0.3) is 0 Å². The highest BCUT2D eigenvalue weighted by Crippen LogP contribution is 2.22. The third-order valence-electron chi connectivity index (χ3n) is 4.98. The van der Waals surface area contributed by atoms with Gasteiger partial charge in [-0.1, -0.05) is 16.8 Å². The molecule has 1 saturated heterocycles. The topological polar surface area (TPSA) is 105 Å². The van der Waals surface area contributed by atoms with E-state index in [1.54, 1.807) is 36.4 Å². The summed E-state index contributed by atoms with van der Waals surface area (Å²) in [6.45, 7) is 1.10. The predicted molar refractivity (Wildman–Crippen MR) is 116 cm³/mol. The van der Waals surface area contributed by atoms with Gasteiger partial charge >= 0.3 is 0 Å². The molecule has 0 aliphatic carbocycles. The number of hydrogen-bond donors (Lipinski definition) is 1. The van der Waals surface area contributed by atoms with Gasteiger partial charge in [-0.2, -0.15) is 9.29 Å². The Kier molecular flexibility index (Phi) is 6.35. The van der Waals surface area contributed by atoms with E-state index in [4.69, 9.17) is 16.1 Å². The molecule has 1 amide bonds. The lowest BCUT2D eigenvalue weighted by molar-refractivity contribution is -0.116. The monoisotopic (exact) mass is 460 g/mol. The minimum absolute atomic E-state index is 0.149. The molecule has 1 N–H and O–H groups in total. The Bertz CT molecular complexity index is 1150. The number of aromatic nitrogens is 2. The molecule has 0 atom stereocenters. The highest BCUT2D eigenvalue weighted by Gasteiger charge is 2.26. The van der Waals surface area contributed by atoms with E-state index in [-0.39, 0.29) is 23.6 Å². The zero-order valence-corrected chi connectivity index (χ0v) is 18.2. The first-order chi connectivity index (χ1) is 14.9. The standard InChI is InChI=1S/C21H21ClN4O4S/c22-16-5-3-15(4-6-16)21-24-20(30-25-21)12-11-19(27)23-17-7-9-18(10-8-17)31(28,29)26-13-1-2-14-26/h3-10H,1-2,11-14H2,(H,23,27). The molecule has 0 radical (unpaired) electrons. The lowest BCUT2D eigenvalue weighted by Gasteiger charge is -2.15. The first-order valence-corrected chi connectivity index (χ1v) is 11.7. The SMILES string of the molecule is O=C(CCc1nc(-c2ccc(Cl)cc2)no1)Nc1ccc(S(=O)(=O)N2CCCC2)cc1. The molecule has 1 aliphatic heterocycles. The van der Waals surface area contributed by atoms with Crippen molar-refractivity contribution >= 4 is 33.2 Å². The molecule has 0 unspecified atom stereocenters. The molecule has 31 heavy (non-hydrogen) atoms. The van der Waals surface area contributed by atoms with Crippen molar-refractivity contribution < 1.29 is 17.7 Å². The molecule has 0 saturated carbocycles. The van der Waals surface area contributed by atoms with Crippen LogP contribution in [0.5, 0.6) is 0 Å². The number of rotatable bonds is 7. The molecule has 8 nitrogen and oxygen atoms in total. The highest BCUT2D eigenvalue weighted by molar-refractivity contribution is 7.89. The molecule has 1 fully saturated rings. The van der Waals surface area contributed by atoms with Crippen LogP contribution in [0, 0.1) is 0 Å². The fourth-order valence-electron chi connectivity index (χ4n) is 3.30. The number of sulfonamides is 1. The maximum atomic E-state index is 12.6. The summed E-state index contributed by atoms with van der Waals surface area (Å²) in [5, 5.41) is 7.29. The van der Waals surface area contributed by atoms with E-state index in [1.807, 2.05) is 0 Å². The van der Waals surface area contributed by atoms with Crippen LogP contribution in [0.2, 0.25) is 5.02 Å². The number of aryl methyl sites for hydroxylation is 1. The average Bonchev–Trinajstić information content (AvgIpc) is 3.46. The first kappa shape index (κ1) is 21.5. The van der Waals surface area contributed by atoms with E-state index in [1.165, 1.54) is 16.4 Å². The molecule has 3 aromatic rings. The van der Waals surface area contributed by atoms with Gasteiger partial charge in [0.15, 0.2) is 0 Å². The number of hydrogen-bond acceptors (Lipinski definition) is 6. The van der Waals surface area contributed by atoms with Crippen molar-refractivity contribution in [3.63, 3.8) is 0 Å². The summed E-state index contributed by atoms with van der Waals surface area (Å²) in [7, 11) is -3.47. The summed E-state index contributed by atoms with van der Waals surface area (Å²) in [5.74, 6) is 0.551. The van der Waals surface area contributed by atoms with Crippen LogP contribution in [-0.2, 0) is 21.2 Å². The lowest BCUT2D eigenvalue weighted by atomic mass is 10.2. The Labute approximate surface area is 185 Å². The van der Waals surface area contributed by atoms with E-state index in [0.717, 1.165) is 18.4 Å². The first-order valence-electron chi connectivity index (χ1n) is 9.90. The average molecular weight is 461 g/mol. The van der Waals surface area contributed by atoms with Crippen LogP contribution in [0.3, 0.4) is 0 Å². The summed E-state index contributed by atoms with van der Waals surface area (Å²) in [6.07, 6.45) is 2.20. The van der Waals surface area contributed by atoms with E-state index in [2.05, 4.69) is 15.5 Å². The zero-order chi connectivity index (χ0) is 21.8. The molecule has 2 aromatic carbocycles. The van der Waals surface area contributed by atoms with Crippen LogP contribution < -0.4 is 5.32 Å². The molecular weight excluding hydrogens is 440 g/mol. The highest BCUT2D eigenvalue weighted by atomic mass is 35.5. The Morgan fingerprint density at radius 1 is 1.06 bits per heavy atom. The maximum absolute atomic E-state index is 12.6. The van der Waals surface area contributed by atoms with Crippen molar-refractivity contribution in [3.05, 3.63) is 59.4 Å². The molecule has 0 spiro atoms. The normalized spacial score (nSPS) is 14.6. The molecule has 1 aliphatic rings. The summed E-state index contributed by atoms with van der Waals surface area (Å²) in [5.41, 5.74) is 1.30. The molecule has 4 rings (SSSR count). The van der Waals surface area contributed by atoms with Gasteiger partial charge in [0.05, 0.1) is 4.90 Å². The van der Waals surface area contributed by atoms with Gasteiger partial charge in [-0.3, -0.25) is 4.79 Å². The second-order valence-corrected chi connectivity index (χ2v) is 9.58. The Morgan fingerprint density at radius 3 is 2.42 bits per heavy atom. The number of nitrogens with one attached hydrogen (secondary N) is 1. The fourth-order valence-corrected chi connectivity index (χ4v) is 4.95. The van der Waals surface area contributed by atoms with Crippen molar-refractivity contribution in [2.45, 2.75) is 30.6 Å². The van der Waals surface area contributed by atoms with Crippen molar-refractivity contribution in [2.24, 2.45) is 0 Å². The van der Waals surface area contributed by atoms with E-state index in [9.17, 15) is 13.2 Å². The van der Waals surface area contributed by atoms with E-state index >= 15 is 0 Å². The smallest absolute Gasteiger partial charge is 0.243 e. The van der Waals surface area contributed by atoms with Crippen molar-refractivity contribution in [1.82, 2.24) is 14.4 Å². The number of benzene rings is 2. The van der Waals surface area contributed by atoms with Gasteiger partial charge in [0, 0.05) is 42.2 Å². The molecule has 0 bridgehead atoms. The van der Waals surface area contributed by atoms with Gasteiger partial charge < -0.3 is 9.84 Å². The van der Waals surface area contributed by atoms with Crippen molar-refractivity contribution in [2.75, 3.05) is 18.4 Å². The summed E-state index contributed by atoms with van der Waals surface area (Å²) in [4.78, 5) is 16.8. The third-order valence-corrected chi connectivity index (χ3v) is 7.14. The Balaban J connectivity index is 1.31. The third kappa shape index (κ3) is 5.12. The number of amides is 1. The quantitative estimate of drug-likeness (QED) is 0.575. The number of carbonyl (C=O) groups is 1. The van der Waals surface area contributed by atoms with Crippen LogP contribution in [0.15, 0.2) is 57.9 Å². The summed E-state index contributed by atoms with van der Waals surface area (Å²) in [6, 6.07) is 13.3. The maximum Gasteiger partial charge on any atom is 0.243 e. The lowest BCUT2D eigenvalue weighted by Crippen LogP contribution is -2.27. The Hall–Kier alpha value is -2.75. The van der Waals surface area contributed by atoms with Gasteiger partial charge in [0.2, 0.25) is 27.6 Å². The summed E-state index contributed by atoms with van der Waals surface area (Å²) >= 11 is 5.88. The number of carbonyl (C=O) groups excluding carboxylic acids is 1. The number of halogens is 1. The van der Waals surface area contributed by atoms with Gasteiger partial charge in [-0.05, 0) is 61.4 Å². The fraction of sp³-hybridized carbons (Fsp3) is 0.286. The van der Waals surface area contributed by atoms with Crippen LogP contribution in [0.4, 0.5) is 5.69 Å². The molecule has 1 aromatic heterocycles. The van der Waals surface area contributed by atoms with Crippen molar-refractivity contribution in [3.8, 4) is 11.4 Å². The second kappa shape index (κ2) is 9.17. The zero-order valence-electron chi connectivity index (χ0n) is 16.6. The molecule has 10 heteroatoms. The molecule has 2 heterocycles. The van der Waals surface area contributed by atoms with Gasteiger partial charge in [-0.25, -0.2) is 8.42 Å². The largest absolute Gasteiger partial charge is 0.339 e. The van der Waals surface area contributed by atoms with Crippen LogP contribution >= 0.6 is 11.6 Å². The minimum Gasteiger partial charge on any atom is -0.339 e. The summed E-state index contributed by atoms with van der Waals surface area (Å²) < 4.78 is 31.8.